The maximum atomic E-state index is 12.6. The van der Waals surface area contributed by atoms with Gasteiger partial charge < -0.3 is 14.7 Å². The number of aliphatic carboxylic acids is 1. The molecule has 1 aliphatic carbocycles. The van der Waals surface area contributed by atoms with E-state index in [0.29, 0.717) is 19.5 Å². The third kappa shape index (κ3) is 2.93. The minimum Gasteiger partial charge on any atom is -0.497 e. The van der Waals surface area contributed by atoms with E-state index in [9.17, 15) is 9.59 Å². The first-order valence-electron chi connectivity index (χ1n) is 7.75. The molecule has 1 aliphatic heterocycles. The predicted molar refractivity (Wildman–Crippen MR) is 80.8 cm³/mol. The molecular weight excluding hydrogens is 282 g/mol. The first-order valence-corrected chi connectivity index (χ1v) is 7.75. The monoisotopic (exact) mass is 303 g/mol. The van der Waals surface area contributed by atoms with Crippen molar-refractivity contribution in [2.75, 3.05) is 20.2 Å². The molecule has 0 spiro atoms. The standard InChI is InChI=1S/C17H21NO4/c1-22-13-6-2-4-11(8-13)14-9-15(14)16(19)18-7-3-5-12(10-18)17(20)21/h2,4,6,8,12,14-15H,3,5,7,9-10H2,1H3,(H,20,21)/t12-,14+,15-/m1/s1. The number of carbonyl (C=O) groups is 2. The van der Waals surface area contributed by atoms with E-state index in [-0.39, 0.29) is 17.7 Å². The number of carbonyl (C=O) groups excluding carboxylic acids is 1. The van der Waals surface area contributed by atoms with Gasteiger partial charge in [0.25, 0.3) is 0 Å². The fourth-order valence-corrected chi connectivity index (χ4v) is 3.32. The highest BCUT2D eigenvalue weighted by molar-refractivity contribution is 5.84. The summed E-state index contributed by atoms with van der Waals surface area (Å²) in [4.78, 5) is 25.4. The second-order valence-electron chi connectivity index (χ2n) is 6.19. The molecule has 1 N–H and O–H groups in total. The predicted octanol–water partition coefficient (Wildman–Crippen LogP) is 2.12. The van der Waals surface area contributed by atoms with Crippen LogP contribution in [-0.4, -0.2) is 42.1 Å². The number of likely N-dealkylation sites (tertiary alicyclic amines) is 1. The summed E-state index contributed by atoms with van der Waals surface area (Å²) in [5.74, 6) is -0.0462. The van der Waals surface area contributed by atoms with Gasteiger partial charge in [0.1, 0.15) is 5.75 Å². The van der Waals surface area contributed by atoms with Gasteiger partial charge >= 0.3 is 5.97 Å². The number of nitrogens with zero attached hydrogens (tertiary/aromatic N) is 1. The molecule has 1 amide bonds. The molecule has 0 unspecified atom stereocenters. The van der Waals surface area contributed by atoms with Gasteiger partial charge in [0.15, 0.2) is 0 Å². The Balaban J connectivity index is 1.63. The number of hydrogen-bond acceptors (Lipinski definition) is 3. The molecular formula is C17H21NO4. The number of amides is 1. The van der Waals surface area contributed by atoms with Gasteiger partial charge in [0, 0.05) is 19.0 Å². The van der Waals surface area contributed by atoms with Gasteiger partial charge in [0.2, 0.25) is 5.91 Å². The van der Waals surface area contributed by atoms with Crippen molar-refractivity contribution in [3.8, 4) is 5.75 Å². The number of carboxylic acids is 1. The molecule has 3 atom stereocenters. The molecule has 1 saturated carbocycles. The fourth-order valence-electron chi connectivity index (χ4n) is 3.32. The van der Waals surface area contributed by atoms with Crippen molar-refractivity contribution in [3.05, 3.63) is 29.8 Å². The van der Waals surface area contributed by atoms with E-state index in [2.05, 4.69) is 0 Å². The lowest BCUT2D eigenvalue weighted by molar-refractivity contribution is -0.146. The molecule has 0 radical (unpaired) electrons. The largest absolute Gasteiger partial charge is 0.497 e. The third-order valence-electron chi connectivity index (χ3n) is 4.71. The second kappa shape index (κ2) is 5.99. The quantitative estimate of drug-likeness (QED) is 0.925. The maximum Gasteiger partial charge on any atom is 0.308 e. The van der Waals surface area contributed by atoms with Crippen LogP contribution in [0.15, 0.2) is 24.3 Å². The Morgan fingerprint density at radius 1 is 1.36 bits per heavy atom. The van der Waals surface area contributed by atoms with Crippen molar-refractivity contribution < 1.29 is 19.4 Å². The molecule has 2 fully saturated rings. The summed E-state index contributed by atoms with van der Waals surface area (Å²) in [5, 5.41) is 9.13. The number of ether oxygens (including phenoxy) is 1. The summed E-state index contributed by atoms with van der Waals surface area (Å²) in [6, 6.07) is 7.84. The zero-order valence-corrected chi connectivity index (χ0v) is 12.7. The first kappa shape index (κ1) is 14.9. The highest BCUT2D eigenvalue weighted by Gasteiger charge is 2.46. The zero-order chi connectivity index (χ0) is 15.7. The van der Waals surface area contributed by atoms with E-state index in [0.717, 1.165) is 24.2 Å². The van der Waals surface area contributed by atoms with E-state index >= 15 is 0 Å². The summed E-state index contributed by atoms with van der Waals surface area (Å²) < 4.78 is 5.22. The molecule has 1 aromatic carbocycles. The molecule has 22 heavy (non-hydrogen) atoms. The van der Waals surface area contributed by atoms with Crippen LogP contribution in [0.3, 0.4) is 0 Å². The molecule has 1 saturated heterocycles. The van der Waals surface area contributed by atoms with Crippen molar-refractivity contribution in [3.63, 3.8) is 0 Å². The van der Waals surface area contributed by atoms with Crippen molar-refractivity contribution in [1.82, 2.24) is 4.90 Å². The van der Waals surface area contributed by atoms with Crippen molar-refractivity contribution >= 4 is 11.9 Å². The molecule has 2 aliphatic rings. The summed E-state index contributed by atoms with van der Waals surface area (Å²) in [6.45, 7) is 1.04. The smallest absolute Gasteiger partial charge is 0.308 e. The Morgan fingerprint density at radius 3 is 2.91 bits per heavy atom. The van der Waals surface area contributed by atoms with E-state index in [1.807, 2.05) is 24.3 Å². The number of piperidine rings is 1. The van der Waals surface area contributed by atoms with E-state index in [1.54, 1.807) is 12.0 Å². The van der Waals surface area contributed by atoms with Gasteiger partial charge in [-0.15, -0.1) is 0 Å². The van der Waals surface area contributed by atoms with Crippen LogP contribution in [0.5, 0.6) is 5.75 Å². The zero-order valence-electron chi connectivity index (χ0n) is 12.7. The summed E-state index contributed by atoms with van der Waals surface area (Å²) in [5.41, 5.74) is 1.13. The summed E-state index contributed by atoms with van der Waals surface area (Å²) in [7, 11) is 1.63. The lowest BCUT2D eigenvalue weighted by atomic mass is 9.97. The van der Waals surface area contributed by atoms with E-state index in [4.69, 9.17) is 9.84 Å². The van der Waals surface area contributed by atoms with Gasteiger partial charge in [-0.25, -0.2) is 0 Å². The van der Waals surface area contributed by atoms with Crippen molar-refractivity contribution in [2.45, 2.75) is 25.2 Å². The Bertz CT molecular complexity index is 586. The minimum atomic E-state index is -0.794. The Hall–Kier alpha value is -2.04. The lowest BCUT2D eigenvalue weighted by Gasteiger charge is -2.31. The molecule has 5 nitrogen and oxygen atoms in total. The average Bonchev–Trinajstić information content (AvgIpc) is 3.35. The van der Waals surface area contributed by atoms with E-state index in [1.165, 1.54) is 0 Å². The van der Waals surface area contributed by atoms with Crippen molar-refractivity contribution in [1.29, 1.82) is 0 Å². The normalized spacial score (nSPS) is 27.3. The second-order valence-corrected chi connectivity index (χ2v) is 6.19. The van der Waals surface area contributed by atoms with Crippen molar-refractivity contribution in [2.24, 2.45) is 11.8 Å². The molecule has 0 bridgehead atoms. The number of benzene rings is 1. The SMILES string of the molecule is COc1cccc([C@@H]2C[C@H]2C(=O)N2CCC[C@@H](C(=O)O)C2)c1. The minimum absolute atomic E-state index is 0.000323. The van der Waals surface area contributed by atoms with Gasteiger partial charge in [-0.2, -0.15) is 0 Å². The van der Waals surface area contributed by atoms with Gasteiger partial charge in [-0.3, -0.25) is 9.59 Å². The Kier molecular flexibility index (Phi) is 4.05. The number of carboxylic acid groups (broad SMARTS) is 1. The topological polar surface area (TPSA) is 66.8 Å². The molecule has 0 aromatic heterocycles. The van der Waals surface area contributed by atoms with Crippen LogP contribution in [0.2, 0.25) is 0 Å². The third-order valence-corrected chi connectivity index (χ3v) is 4.71. The Morgan fingerprint density at radius 2 is 2.18 bits per heavy atom. The highest BCUT2D eigenvalue weighted by atomic mass is 16.5. The van der Waals surface area contributed by atoms with Crippen LogP contribution >= 0.6 is 0 Å². The maximum absolute atomic E-state index is 12.6. The van der Waals surface area contributed by atoms with Crippen LogP contribution < -0.4 is 4.74 Å². The van der Waals surface area contributed by atoms with E-state index < -0.39 is 11.9 Å². The molecule has 5 heteroatoms. The molecule has 1 heterocycles. The van der Waals surface area contributed by atoms with Gasteiger partial charge in [0.05, 0.1) is 13.0 Å². The highest BCUT2D eigenvalue weighted by Crippen LogP contribution is 2.49. The van der Waals surface area contributed by atoms with Crippen LogP contribution in [0.1, 0.15) is 30.7 Å². The number of rotatable bonds is 4. The first-order chi connectivity index (χ1) is 10.6. The Labute approximate surface area is 129 Å². The number of hydrogen-bond donors (Lipinski definition) is 1. The van der Waals surface area contributed by atoms with Gasteiger partial charge in [-0.05, 0) is 42.9 Å². The summed E-state index contributed by atoms with van der Waals surface area (Å²) >= 11 is 0. The van der Waals surface area contributed by atoms with Crippen LogP contribution in [0.25, 0.3) is 0 Å². The number of methoxy groups -OCH3 is 1. The van der Waals surface area contributed by atoms with Crippen LogP contribution in [-0.2, 0) is 9.59 Å². The van der Waals surface area contributed by atoms with Crippen LogP contribution in [0.4, 0.5) is 0 Å². The molecule has 3 rings (SSSR count). The lowest BCUT2D eigenvalue weighted by Crippen LogP contribution is -2.43. The van der Waals surface area contributed by atoms with Gasteiger partial charge in [-0.1, -0.05) is 12.1 Å². The molecule has 118 valence electrons. The summed E-state index contributed by atoms with van der Waals surface area (Å²) in [6.07, 6.45) is 2.29. The molecule has 1 aromatic rings. The average molecular weight is 303 g/mol. The van der Waals surface area contributed by atoms with Crippen LogP contribution in [0, 0.1) is 11.8 Å². The fraction of sp³-hybridized carbons (Fsp3) is 0.529.